The van der Waals surface area contributed by atoms with Gasteiger partial charge in [-0.1, -0.05) is 31.0 Å². The number of anilines is 1. The van der Waals surface area contributed by atoms with Gasteiger partial charge < -0.3 is 15.3 Å². The van der Waals surface area contributed by atoms with E-state index in [0.717, 1.165) is 17.7 Å². The first-order chi connectivity index (χ1) is 11.4. The number of carboxylic acids is 1. The first-order valence-corrected chi connectivity index (χ1v) is 8.30. The van der Waals surface area contributed by atoms with Crippen LogP contribution in [0, 0.1) is 18.8 Å². The Kier molecular flexibility index (Phi) is 5.95. The Bertz CT molecular complexity index is 612. The minimum atomic E-state index is -0.902. The van der Waals surface area contributed by atoms with E-state index in [1.54, 1.807) is 4.90 Å². The highest BCUT2D eigenvalue weighted by atomic mass is 16.4. The zero-order valence-corrected chi connectivity index (χ0v) is 14.1. The number of nitrogens with zero attached hydrogens (tertiary/aromatic N) is 1. The molecule has 0 bridgehead atoms. The van der Waals surface area contributed by atoms with Crippen molar-refractivity contribution < 1.29 is 19.5 Å². The number of carboxylic acid groups (broad SMARTS) is 1. The zero-order chi connectivity index (χ0) is 17.7. The lowest BCUT2D eigenvalue weighted by molar-refractivity contribution is -0.142. The van der Waals surface area contributed by atoms with Gasteiger partial charge in [-0.2, -0.15) is 0 Å². The molecule has 1 aromatic rings. The van der Waals surface area contributed by atoms with E-state index in [-0.39, 0.29) is 24.8 Å². The summed E-state index contributed by atoms with van der Waals surface area (Å²) in [5.41, 5.74) is 1.89. The van der Waals surface area contributed by atoms with Crippen molar-refractivity contribution in [1.29, 1.82) is 0 Å². The highest BCUT2D eigenvalue weighted by Gasteiger charge is 2.35. The Labute approximate surface area is 141 Å². The first-order valence-electron chi connectivity index (χ1n) is 8.30. The van der Waals surface area contributed by atoms with Crippen molar-refractivity contribution in [3.05, 3.63) is 29.8 Å². The molecule has 2 N–H and O–H groups in total. The standard InChI is InChI=1S/C18H24N2O4/c1-3-4-13(18(23)24)10-19-17(22)14-9-16(21)20(11-14)15-7-5-12(2)6-8-15/h5-8,13-14H,3-4,9-11H2,1-2H3,(H,19,22)(H,23,24). The minimum Gasteiger partial charge on any atom is -0.481 e. The van der Waals surface area contributed by atoms with E-state index >= 15 is 0 Å². The highest BCUT2D eigenvalue weighted by Crippen LogP contribution is 2.25. The molecule has 1 aliphatic rings. The van der Waals surface area contributed by atoms with Crippen molar-refractivity contribution in [2.45, 2.75) is 33.1 Å². The SMILES string of the molecule is CCCC(CNC(=O)C1CC(=O)N(c2ccc(C)cc2)C1)C(=O)O. The van der Waals surface area contributed by atoms with Crippen LogP contribution in [0.5, 0.6) is 0 Å². The van der Waals surface area contributed by atoms with Crippen molar-refractivity contribution in [2.75, 3.05) is 18.0 Å². The summed E-state index contributed by atoms with van der Waals surface area (Å²) in [6.45, 7) is 4.32. The van der Waals surface area contributed by atoms with Crippen molar-refractivity contribution in [2.24, 2.45) is 11.8 Å². The molecule has 24 heavy (non-hydrogen) atoms. The maximum absolute atomic E-state index is 12.3. The number of rotatable bonds is 7. The first kappa shape index (κ1) is 18.0. The smallest absolute Gasteiger partial charge is 0.308 e. The Morgan fingerprint density at radius 1 is 1.33 bits per heavy atom. The number of aryl methyl sites for hydroxylation is 1. The lowest BCUT2D eigenvalue weighted by Gasteiger charge is -2.17. The second-order valence-electron chi connectivity index (χ2n) is 6.31. The molecular weight excluding hydrogens is 308 g/mol. The highest BCUT2D eigenvalue weighted by molar-refractivity contribution is 6.00. The van der Waals surface area contributed by atoms with Crippen LogP contribution in [0.25, 0.3) is 0 Å². The molecule has 6 heteroatoms. The second kappa shape index (κ2) is 7.95. The maximum atomic E-state index is 12.3. The molecule has 0 aromatic heterocycles. The molecule has 1 heterocycles. The van der Waals surface area contributed by atoms with Gasteiger partial charge >= 0.3 is 5.97 Å². The summed E-state index contributed by atoms with van der Waals surface area (Å²) in [5, 5.41) is 11.8. The van der Waals surface area contributed by atoms with Crippen LogP contribution in [-0.4, -0.2) is 36.0 Å². The van der Waals surface area contributed by atoms with E-state index in [1.165, 1.54) is 0 Å². The molecule has 1 aromatic carbocycles. The molecule has 0 saturated carbocycles. The maximum Gasteiger partial charge on any atom is 0.308 e. The van der Waals surface area contributed by atoms with Crippen molar-refractivity contribution >= 4 is 23.5 Å². The van der Waals surface area contributed by atoms with E-state index in [4.69, 9.17) is 5.11 Å². The Balaban J connectivity index is 1.93. The van der Waals surface area contributed by atoms with E-state index in [1.807, 2.05) is 38.1 Å². The molecule has 1 fully saturated rings. The number of carbonyl (C=O) groups is 3. The number of amides is 2. The van der Waals surface area contributed by atoms with Gasteiger partial charge in [-0.05, 0) is 25.5 Å². The summed E-state index contributed by atoms with van der Waals surface area (Å²) in [6.07, 6.45) is 1.43. The van der Waals surface area contributed by atoms with Crippen LogP contribution >= 0.6 is 0 Å². The zero-order valence-electron chi connectivity index (χ0n) is 14.1. The van der Waals surface area contributed by atoms with Crippen LogP contribution in [0.4, 0.5) is 5.69 Å². The van der Waals surface area contributed by atoms with Crippen molar-refractivity contribution in [3.63, 3.8) is 0 Å². The Hall–Kier alpha value is -2.37. The molecular formula is C18H24N2O4. The molecule has 2 rings (SSSR count). The second-order valence-corrected chi connectivity index (χ2v) is 6.31. The molecule has 0 spiro atoms. The van der Waals surface area contributed by atoms with Crippen molar-refractivity contribution in [3.8, 4) is 0 Å². The predicted molar refractivity (Wildman–Crippen MR) is 90.7 cm³/mol. The van der Waals surface area contributed by atoms with Gasteiger partial charge in [-0.15, -0.1) is 0 Å². The van der Waals surface area contributed by atoms with Gasteiger partial charge in [0.25, 0.3) is 0 Å². The van der Waals surface area contributed by atoms with Crippen LogP contribution in [0.15, 0.2) is 24.3 Å². The molecule has 1 aliphatic heterocycles. The molecule has 130 valence electrons. The van der Waals surface area contributed by atoms with Crippen LogP contribution in [0.3, 0.4) is 0 Å². The Morgan fingerprint density at radius 2 is 2.00 bits per heavy atom. The van der Waals surface area contributed by atoms with Gasteiger partial charge in [0.05, 0.1) is 11.8 Å². The molecule has 2 amide bonds. The number of nitrogens with one attached hydrogen (secondary N) is 1. The van der Waals surface area contributed by atoms with Crippen LogP contribution < -0.4 is 10.2 Å². The average molecular weight is 332 g/mol. The van der Waals surface area contributed by atoms with E-state index in [2.05, 4.69) is 5.32 Å². The van der Waals surface area contributed by atoms with E-state index < -0.39 is 17.8 Å². The minimum absolute atomic E-state index is 0.0812. The van der Waals surface area contributed by atoms with Gasteiger partial charge in [0.2, 0.25) is 11.8 Å². The third-order valence-electron chi connectivity index (χ3n) is 4.35. The molecule has 2 unspecified atom stereocenters. The molecule has 1 saturated heterocycles. The Morgan fingerprint density at radius 3 is 2.58 bits per heavy atom. The monoisotopic (exact) mass is 332 g/mol. The fraction of sp³-hybridized carbons (Fsp3) is 0.500. The van der Waals surface area contributed by atoms with Crippen LogP contribution in [-0.2, 0) is 14.4 Å². The number of aliphatic carboxylic acids is 1. The summed E-state index contributed by atoms with van der Waals surface area (Å²) in [6, 6.07) is 7.60. The van der Waals surface area contributed by atoms with Crippen LogP contribution in [0.1, 0.15) is 31.7 Å². The average Bonchev–Trinajstić information content (AvgIpc) is 2.93. The summed E-state index contributed by atoms with van der Waals surface area (Å²) < 4.78 is 0. The summed E-state index contributed by atoms with van der Waals surface area (Å²) in [4.78, 5) is 37.2. The summed E-state index contributed by atoms with van der Waals surface area (Å²) in [5.74, 6) is -2.25. The fourth-order valence-electron chi connectivity index (χ4n) is 2.89. The van der Waals surface area contributed by atoms with E-state index in [0.29, 0.717) is 13.0 Å². The molecule has 2 atom stereocenters. The normalized spacial score (nSPS) is 18.5. The molecule has 0 aliphatic carbocycles. The van der Waals surface area contributed by atoms with Gasteiger partial charge in [-0.3, -0.25) is 14.4 Å². The number of carbonyl (C=O) groups excluding carboxylic acids is 2. The van der Waals surface area contributed by atoms with Gasteiger partial charge in [0, 0.05) is 25.2 Å². The quantitative estimate of drug-likeness (QED) is 0.799. The number of benzene rings is 1. The molecule has 0 radical (unpaired) electrons. The summed E-state index contributed by atoms with van der Waals surface area (Å²) in [7, 11) is 0. The topological polar surface area (TPSA) is 86.7 Å². The predicted octanol–water partition coefficient (Wildman–Crippen LogP) is 1.97. The molecule has 6 nitrogen and oxygen atoms in total. The lowest BCUT2D eigenvalue weighted by Crippen LogP contribution is -2.37. The van der Waals surface area contributed by atoms with Crippen LogP contribution in [0.2, 0.25) is 0 Å². The van der Waals surface area contributed by atoms with Crippen molar-refractivity contribution in [1.82, 2.24) is 5.32 Å². The number of hydrogen-bond acceptors (Lipinski definition) is 3. The third kappa shape index (κ3) is 4.34. The lowest BCUT2D eigenvalue weighted by atomic mass is 10.0. The largest absolute Gasteiger partial charge is 0.481 e. The number of hydrogen-bond donors (Lipinski definition) is 2. The van der Waals surface area contributed by atoms with E-state index in [9.17, 15) is 14.4 Å². The van der Waals surface area contributed by atoms with Gasteiger partial charge in [0.1, 0.15) is 0 Å². The van der Waals surface area contributed by atoms with Gasteiger partial charge in [-0.25, -0.2) is 0 Å². The van der Waals surface area contributed by atoms with Gasteiger partial charge in [0.15, 0.2) is 0 Å². The summed E-state index contributed by atoms with van der Waals surface area (Å²) >= 11 is 0. The fourth-order valence-corrected chi connectivity index (χ4v) is 2.89. The third-order valence-corrected chi connectivity index (χ3v) is 4.35.